The molecule has 2 unspecified atom stereocenters. The molecule has 6 rings (SSSR count). The van der Waals surface area contributed by atoms with Gasteiger partial charge in [-0.25, -0.2) is 9.97 Å². The number of phenolic OH excluding ortho intramolecular Hbond substituents is 1. The Kier molecular flexibility index (Phi) is 6.04. The number of aromatic nitrogens is 2. The van der Waals surface area contributed by atoms with Crippen molar-refractivity contribution in [2.45, 2.75) is 57.8 Å². The number of aromatic hydroxyl groups is 1. The minimum absolute atomic E-state index is 0.100. The molecule has 6 heteroatoms. The summed E-state index contributed by atoms with van der Waals surface area (Å²) in [5, 5.41) is 13.8. The second-order valence-electron chi connectivity index (χ2n) is 10.7. The summed E-state index contributed by atoms with van der Waals surface area (Å²) in [4.78, 5) is 23.3. The highest BCUT2D eigenvalue weighted by atomic mass is 35.5. The van der Waals surface area contributed by atoms with E-state index < -0.39 is 0 Å². The molecule has 0 radical (unpaired) electrons. The van der Waals surface area contributed by atoms with E-state index >= 15 is 0 Å². The summed E-state index contributed by atoms with van der Waals surface area (Å²) < 4.78 is 0. The fourth-order valence-electron chi connectivity index (χ4n) is 6.30. The van der Waals surface area contributed by atoms with E-state index in [0.717, 1.165) is 59.5 Å². The van der Waals surface area contributed by atoms with Crippen molar-refractivity contribution in [3.05, 3.63) is 82.2 Å². The Hall–Kier alpha value is -3.18. The lowest BCUT2D eigenvalue weighted by Gasteiger charge is -2.42. The van der Waals surface area contributed by atoms with Crippen LogP contribution in [0.5, 0.6) is 5.75 Å². The van der Waals surface area contributed by atoms with Gasteiger partial charge in [0.05, 0.1) is 23.5 Å². The van der Waals surface area contributed by atoms with E-state index in [1.54, 1.807) is 18.2 Å². The number of anilines is 1. The van der Waals surface area contributed by atoms with Crippen LogP contribution >= 0.6 is 11.6 Å². The zero-order valence-corrected chi connectivity index (χ0v) is 21.0. The number of hydrogen-bond donors (Lipinski definition) is 2. The van der Waals surface area contributed by atoms with Crippen molar-refractivity contribution < 1.29 is 9.90 Å². The van der Waals surface area contributed by atoms with Crippen LogP contribution in [0.2, 0.25) is 5.02 Å². The molecule has 2 N–H and O–H groups in total. The number of phenols is 1. The number of allylic oxidation sites excluding steroid dienone is 2. The van der Waals surface area contributed by atoms with Gasteiger partial charge in [0.15, 0.2) is 5.82 Å². The van der Waals surface area contributed by atoms with Crippen molar-refractivity contribution in [3.8, 4) is 17.0 Å². The molecule has 1 heterocycles. The molecule has 0 spiro atoms. The molecule has 36 heavy (non-hydrogen) atoms. The molecule has 2 aromatic carbocycles. The Morgan fingerprint density at radius 3 is 2.86 bits per heavy atom. The number of nitrogens with one attached hydrogen (secondary N) is 1. The largest absolute Gasteiger partial charge is 0.508 e. The van der Waals surface area contributed by atoms with Gasteiger partial charge >= 0.3 is 0 Å². The highest BCUT2D eigenvalue weighted by Gasteiger charge is 2.38. The van der Waals surface area contributed by atoms with Gasteiger partial charge in [0.1, 0.15) is 5.75 Å². The molecular weight excluding hydrogens is 470 g/mol. The number of aryl methyl sites for hydroxylation is 2. The van der Waals surface area contributed by atoms with Crippen molar-refractivity contribution in [2.24, 2.45) is 11.3 Å². The molecule has 3 aliphatic carbocycles. The molecule has 1 aromatic heterocycles. The molecule has 5 nitrogen and oxygen atoms in total. The van der Waals surface area contributed by atoms with Gasteiger partial charge in [-0.2, -0.15) is 0 Å². The third kappa shape index (κ3) is 4.64. The smallest absolute Gasteiger partial charge is 0.229 e. The Labute approximate surface area is 216 Å². The second kappa shape index (κ2) is 9.36. The van der Waals surface area contributed by atoms with Crippen molar-refractivity contribution >= 4 is 23.3 Å². The number of halogens is 1. The van der Waals surface area contributed by atoms with Crippen LogP contribution in [0.3, 0.4) is 0 Å². The number of carbonyl (C=O) groups is 1. The van der Waals surface area contributed by atoms with Crippen LogP contribution in [0.25, 0.3) is 11.3 Å². The van der Waals surface area contributed by atoms with E-state index in [1.165, 1.54) is 25.7 Å². The second-order valence-corrected chi connectivity index (χ2v) is 11.1. The van der Waals surface area contributed by atoms with Crippen LogP contribution in [0.15, 0.2) is 54.6 Å². The summed E-state index contributed by atoms with van der Waals surface area (Å²) in [6.45, 7) is 0. The highest BCUT2D eigenvalue weighted by Crippen LogP contribution is 2.48. The fraction of sp³-hybridized carbons (Fsp3) is 0.367. The maximum Gasteiger partial charge on any atom is 0.229 e. The zero-order chi connectivity index (χ0) is 24.7. The first-order valence-corrected chi connectivity index (χ1v) is 13.3. The Morgan fingerprint density at radius 1 is 1.14 bits per heavy atom. The van der Waals surface area contributed by atoms with E-state index in [9.17, 15) is 9.90 Å². The molecular formula is C30H30ClN3O2. The van der Waals surface area contributed by atoms with Crippen molar-refractivity contribution in [3.63, 3.8) is 0 Å². The lowest BCUT2D eigenvalue weighted by molar-refractivity contribution is -0.115. The predicted molar refractivity (Wildman–Crippen MR) is 142 cm³/mol. The highest BCUT2D eigenvalue weighted by molar-refractivity contribution is 6.30. The molecule has 3 aromatic rings. The van der Waals surface area contributed by atoms with E-state index in [0.29, 0.717) is 16.8 Å². The van der Waals surface area contributed by atoms with Gasteiger partial charge in [0.2, 0.25) is 5.91 Å². The zero-order valence-electron chi connectivity index (χ0n) is 20.3. The standard InChI is InChI=1S/C30H30ClN3O2/c31-22-8-5-19(6-9-22)15-27(36)34-29-26(18-30-13-1-3-20(17-30)4-2-14-30)32-28-24-11-10-23(35)16-21(24)7-12-25(28)33-29/h1,3,5-6,8-11,16,20,35H,2,4,7,12-15,17-18H2,(H,33,34,36). The quantitative estimate of drug-likeness (QED) is 0.395. The minimum Gasteiger partial charge on any atom is -0.508 e. The van der Waals surface area contributed by atoms with E-state index in [-0.39, 0.29) is 23.5 Å². The van der Waals surface area contributed by atoms with Crippen molar-refractivity contribution in [1.29, 1.82) is 0 Å². The first kappa shape index (κ1) is 23.2. The van der Waals surface area contributed by atoms with E-state index in [4.69, 9.17) is 21.6 Å². The summed E-state index contributed by atoms with van der Waals surface area (Å²) in [5.74, 6) is 1.42. The van der Waals surface area contributed by atoms with Crippen molar-refractivity contribution in [1.82, 2.24) is 9.97 Å². The molecule has 1 saturated carbocycles. The van der Waals surface area contributed by atoms with Gasteiger partial charge in [-0.3, -0.25) is 4.79 Å². The third-order valence-electron chi connectivity index (χ3n) is 8.03. The van der Waals surface area contributed by atoms with E-state index in [2.05, 4.69) is 17.5 Å². The molecule has 0 saturated heterocycles. The maximum atomic E-state index is 13.1. The molecule has 2 atom stereocenters. The van der Waals surface area contributed by atoms with Crippen LogP contribution in [-0.4, -0.2) is 21.0 Å². The van der Waals surface area contributed by atoms with Gasteiger partial charge in [0.25, 0.3) is 0 Å². The topological polar surface area (TPSA) is 75.1 Å². The van der Waals surface area contributed by atoms with Crippen LogP contribution in [0, 0.1) is 11.3 Å². The SMILES string of the molecule is O=C(Cc1ccc(Cl)cc1)Nc1nc2c(nc1CC13CC=CC(CCC1)C3)-c1ccc(O)cc1CC2. The number of amides is 1. The van der Waals surface area contributed by atoms with Crippen LogP contribution < -0.4 is 5.32 Å². The normalized spacial score (nSPS) is 22.0. The van der Waals surface area contributed by atoms with Crippen LogP contribution in [0.4, 0.5) is 5.82 Å². The van der Waals surface area contributed by atoms with Crippen LogP contribution in [0.1, 0.15) is 54.6 Å². The molecule has 184 valence electrons. The van der Waals surface area contributed by atoms with Gasteiger partial charge in [-0.1, -0.05) is 42.3 Å². The molecule has 2 bridgehead atoms. The fourth-order valence-corrected chi connectivity index (χ4v) is 6.43. The minimum atomic E-state index is -0.100. The summed E-state index contributed by atoms with van der Waals surface area (Å²) in [6.07, 6.45) is 13.2. The number of benzene rings is 2. The lowest BCUT2D eigenvalue weighted by Crippen LogP contribution is -2.33. The average Bonchev–Trinajstić information content (AvgIpc) is 2.85. The molecule has 3 aliphatic rings. The van der Waals surface area contributed by atoms with E-state index in [1.807, 2.05) is 24.3 Å². The lowest BCUT2D eigenvalue weighted by atomic mass is 9.63. The number of carbonyl (C=O) groups excluding carboxylic acids is 1. The van der Waals surface area contributed by atoms with Gasteiger partial charge < -0.3 is 10.4 Å². The summed E-state index contributed by atoms with van der Waals surface area (Å²) in [5.41, 5.74) is 5.86. The third-order valence-corrected chi connectivity index (χ3v) is 8.28. The maximum absolute atomic E-state index is 13.1. The number of hydrogen-bond acceptors (Lipinski definition) is 4. The first-order valence-electron chi connectivity index (χ1n) is 12.9. The summed E-state index contributed by atoms with van der Waals surface area (Å²) in [6, 6.07) is 12.9. The Balaban J connectivity index is 1.36. The number of rotatable bonds is 5. The summed E-state index contributed by atoms with van der Waals surface area (Å²) >= 11 is 6.01. The average molecular weight is 500 g/mol. The monoisotopic (exact) mass is 499 g/mol. The molecule has 0 aliphatic heterocycles. The first-order chi connectivity index (χ1) is 17.5. The predicted octanol–water partition coefficient (Wildman–Crippen LogP) is 6.46. The Bertz CT molecular complexity index is 1350. The molecule has 1 amide bonds. The van der Waals surface area contributed by atoms with Gasteiger partial charge in [0, 0.05) is 10.6 Å². The van der Waals surface area contributed by atoms with Gasteiger partial charge in [-0.05, 0) is 97.7 Å². The van der Waals surface area contributed by atoms with Crippen molar-refractivity contribution in [2.75, 3.05) is 5.32 Å². The number of fused-ring (bicyclic) bond motifs is 5. The van der Waals surface area contributed by atoms with Gasteiger partial charge in [-0.15, -0.1) is 0 Å². The Morgan fingerprint density at radius 2 is 2.00 bits per heavy atom. The summed E-state index contributed by atoms with van der Waals surface area (Å²) in [7, 11) is 0. The number of nitrogens with zero attached hydrogens (tertiary/aromatic N) is 2. The molecule has 1 fully saturated rings. The van der Waals surface area contributed by atoms with Crippen LogP contribution in [-0.2, 0) is 30.5 Å².